The summed E-state index contributed by atoms with van der Waals surface area (Å²) in [7, 11) is -1.10. The van der Waals surface area contributed by atoms with Crippen molar-refractivity contribution in [1.29, 1.82) is 0 Å². The van der Waals surface area contributed by atoms with Crippen LogP contribution in [0.25, 0.3) is 0 Å². The van der Waals surface area contributed by atoms with E-state index in [0.717, 1.165) is 12.8 Å². The van der Waals surface area contributed by atoms with E-state index in [-0.39, 0.29) is 11.7 Å². The van der Waals surface area contributed by atoms with Crippen molar-refractivity contribution in [2.45, 2.75) is 30.7 Å². The zero-order valence-corrected chi connectivity index (χ0v) is 10.5. The van der Waals surface area contributed by atoms with Crippen LogP contribution in [0.5, 0.6) is 0 Å². The lowest BCUT2D eigenvalue weighted by Crippen LogP contribution is -2.15. The fraction of sp³-hybridized carbons (Fsp3) is 0.455. The van der Waals surface area contributed by atoms with Gasteiger partial charge >= 0.3 is 0 Å². The molecule has 0 aliphatic rings. The number of benzene rings is 1. The molecule has 0 spiro atoms. The molecule has 6 heteroatoms. The van der Waals surface area contributed by atoms with Crippen LogP contribution in [-0.4, -0.2) is 20.9 Å². The van der Waals surface area contributed by atoms with Gasteiger partial charge in [0.05, 0.1) is 15.7 Å². The number of nitrogens with zero attached hydrogens (tertiary/aromatic N) is 1. The van der Waals surface area contributed by atoms with E-state index >= 15 is 0 Å². The molecule has 2 unspecified atom stereocenters. The molecule has 0 aliphatic carbocycles. The first kappa shape index (κ1) is 13.8. The monoisotopic (exact) mass is 256 g/mol. The highest BCUT2D eigenvalue weighted by Crippen LogP contribution is 2.15. The minimum absolute atomic E-state index is 0.0151. The van der Waals surface area contributed by atoms with Crippen molar-refractivity contribution in [2.24, 2.45) is 5.73 Å². The van der Waals surface area contributed by atoms with E-state index in [1.165, 1.54) is 12.1 Å². The summed E-state index contributed by atoms with van der Waals surface area (Å²) in [6.07, 6.45) is 1.62. The molecule has 2 N–H and O–H groups in total. The van der Waals surface area contributed by atoms with Crippen LogP contribution in [0.2, 0.25) is 0 Å². The summed E-state index contributed by atoms with van der Waals surface area (Å²) in [5, 5.41) is 10.4. The van der Waals surface area contributed by atoms with Crippen molar-refractivity contribution in [3.8, 4) is 0 Å². The summed E-state index contributed by atoms with van der Waals surface area (Å²) >= 11 is 0. The Morgan fingerprint density at radius 2 is 2.00 bits per heavy atom. The maximum absolute atomic E-state index is 11.8. The van der Waals surface area contributed by atoms with Crippen molar-refractivity contribution >= 4 is 16.5 Å². The van der Waals surface area contributed by atoms with Gasteiger partial charge in [-0.15, -0.1) is 0 Å². The van der Waals surface area contributed by atoms with Crippen molar-refractivity contribution in [1.82, 2.24) is 0 Å². The van der Waals surface area contributed by atoms with Crippen molar-refractivity contribution in [2.75, 3.05) is 5.75 Å². The third-order valence-corrected chi connectivity index (χ3v) is 3.76. The molecule has 0 bridgehead atoms. The molecule has 0 fully saturated rings. The number of non-ortho nitro benzene ring substituents is 1. The summed E-state index contributed by atoms with van der Waals surface area (Å²) in [6.45, 7) is 1.91. The fourth-order valence-corrected chi connectivity index (χ4v) is 2.48. The van der Waals surface area contributed by atoms with Crippen LogP contribution < -0.4 is 5.73 Å². The SMILES string of the molecule is CC(N)CCCS(=O)c1ccc([N+](=O)[O-])cc1. The van der Waals surface area contributed by atoms with E-state index < -0.39 is 15.7 Å². The number of rotatable bonds is 6. The van der Waals surface area contributed by atoms with Crippen LogP contribution in [0.3, 0.4) is 0 Å². The minimum Gasteiger partial charge on any atom is -0.328 e. The molecule has 0 saturated carbocycles. The molecule has 1 rings (SSSR count). The Labute approximate surface area is 103 Å². The molecule has 17 heavy (non-hydrogen) atoms. The van der Waals surface area contributed by atoms with Crippen LogP contribution in [0.15, 0.2) is 29.2 Å². The first-order valence-electron chi connectivity index (χ1n) is 5.39. The molecular weight excluding hydrogens is 240 g/mol. The maximum atomic E-state index is 11.8. The number of hydrogen-bond donors (Lipinski definition) is 1. The second kappa shape index (κ2) is 6.46. The first-order valence-corrected chi connectivity index (χ1v) is 6.71. The van der Waals surface area contributed by atoms with Crippen LogP contribution in [0, 0.1) is 10.1 Å². The summed E-state index contributed by atoms with van der Waals surface area (Å²) in [5.41, 5.74) is 5.61. The lowest BCUT2D eigenvalue weighted by Gasteiger charge is -2.04. The van der Waals surface area contributed by atoms with Gasteiger partial charge in [-0.05, 0) is 31.9 Å². The first-order chi connectivity index (χ1) is 8.00. The molecule has 1 aromatic carbocycles. The second-order valence-corrected chi connectivity index (χ2v) is 5.49. The molecule has 94 valence electrons. The van der Waals surface area contributed by atoms with Gasteiger partial charge in [-0.25, -0.2) is 0 Å². The van der Waals surface area contributed by atoms with Crippen molar-refractivity contribution in [3.05, 3.63) is 34.4 Å². The second-order valence-electron chi connectivity index (χ2n) is 3.92. The third-order valence-electron chi connectivity index (χ3n) is 2.30. The standard InChI is InChI=1S/C11H16N2O3S/c1-9(12)3-2-8-17(16)11-6-4-10(5-7-11)13(14)15/h4-7,9H,2-3,8,12H2,1H3. The predicted octanol–water partition coefficient (Wildman–Crippen LogP) is 1.83. The molecule has 0 heterocycles. The van der Waals surface area contributed by atoms with Crippen molar-refractivity contribution in [3.63, 3.8) is 0 Å². The topological polar surface area (TPSA) is 86.2 Å². The zero-order valence-electron chi connectivity index (χ0n) is 9.67. The molecule has 0 saturated heterocycles. The maximum Gasteiger partial charge on any atom is 0.269 e. The Balaban J connectivity index is 2.55. The Morgan fingerprint density at radius 1 is 1.41 bits per heavy atom. The molecular formula is C11H16N2O3S. The van der Waals surface area contributed by atoms with E-state index in [1.54, 1.807) is 12.1 Å². The molecule has 0 aromatic heterocycles. The van der Waals surface area contributed by atoms with E-state index in [4.69, 9.17) is 5.73 Å². The summed E-state index contributed by atoms with van der Waals surface area (Å²) < 4.78 is 11.8. The van der Waals surface area contributed by atoms with Gasteiger partial charge in [0, 0.05) is 28.8 Å². The largest absolute Gasteiger partial charge is 0.328 e. The summed E-state index contributed by atoms with van der Waals surface area (Å²) in [4.78, 5) is 10.6. The molecule has 1 aromatic rings. The third kappa shape index (κ3) is 4.62. The van der Waals surface area contributed by atoms with Crippen LogP contribution in [-0.2, 0) is 10.8 Å². The normalized spacial score (nSPS) is 14.2. The lowest BCUT2D eigenvalue weighted by molar-refractivity contribution is -0.384. The van der Waals surface area contributed by atoms with E-state index in [1.807, 2.05) is 6.92 Å². The average molecular weight is 256 g/mol. The molecule has 0 amide bonds. The quantitative estimate of drug-likeness (QED) is 0.621. The van der Waals surface area contributed by atoms with Gasteiger partial charge in [0.25, 0.3) is 5.69 Å². The number of hydrogen-bond acceptors (Lipinski definition) is 4. The van der Waals surface area contributed by atoms with Crippen LogP contribution in [0.1, 0.15) is 19.8 Å². The molecule has 0 aliphatic heterocycles. The van der Waals surface area contributed by atoms with Crippen molar-refractivity contribution < 1.29 is 9.13 Å². The number of nitro groups is 1. The van der Waals surface area contributed by atoms with Gasteiger partial charge in [0.2, 0.25) is 0 Å². The minimum atomic E-state index is -1.10. The van der Waals surface area contributed by atoms with Gasteiger partial charge < -0.3 is 5.73 Å². The number of nitrogens with two attached hydrogens (primary N) is 1. The Kier molecular flexibility index (Phi) is 5.24. The Bertz CT molecular complexity index is 404. The van der Waals surface area contributed by atoms with Gasteiger partial charge in [0.1, 0.15) is 0 Å². The predicted molar refractivity (Wildman–Crippen MR) is 67.3 cm³/mol. The molecule has 5 nitrogen and oxygen atoms in total. The van der Waals surface area contributed by atoms with E-state index in [9.17, 15) is 14.3 Å². The van der Waals surface area contributed by atoms with Crippen LogP contribution in [0.4, 0.5) is 5.69 Å². The highest BCUT2D eigenvalue weighted by molar-refractivity contribution is 7.85. The lowest BCUT2D eigenvalue weighted by atomic mass is 10.2. The highest BCUT2D eigenvalue weighted by Gasteiger charge is 2.08. The molecule has 2 atom stereocenters. The summed E-state index contributed by atoms with van der Waals surface area (Å²) in [5.74, 6) is 0.541. The van der Waals surface area contributed by atoms with Crippen LogP contribution >= 0.6 is 0 Å². The van der Waals surface area contributed by atoms with Gasteiger partial charge in [0.15, 0.2) is 0 Å². The van der Waals surface area contributed by atoms with Gasteiger partial charge in [-0.3, -0.25) is 14.3 Å². The fourth-order valence-electron chi connectivity index (χ4n) is 1.37. The molecule has 0 radical (unpaired) electrons. The highest BCUT2D eigenvalue weighted by atomic mass is 32.2. The average Bonchev–Trinajstić information content (AvgIpc) is 2.28. The van der Waals surface area contributed by atoms with E-state index in [2.05, 4.69) is 0 Å². The summed E-state index contributed by atoms with van der Waals surface area (Å²) in [6, 6.07) is 5.95. The smallest absolute Gasteiger partial charge is 0.269 e. The van der Waals surface area contributed by atoms with Gasteiger partial charge in [-0.2, -0.15) is 0 Å². The Hall–Kier alpha value is -1.27. The van der Waals surface area contributed by atoms with E-state index in [0.29, 0.717) is 10.6 Å². The van der Waals surface area contributed by atoms with Gasteiger partial charge in [-0.1, -0.05) is 0 Å². The number of nitro benzene ring substituents is 1. The Morgan fingerprint density at radius 3 is 2.47 bits per heavy atom. The zero-order chi connectivity index (χ0) is 12.8.